The summed E-state index contributed by atoms with van der Waals surface area (Å²) in [4.78, 5) is 21.6. The van der Waals surface area contributed by atoms with Crippen molar-refractivity contribution >= 4 is 20.9 Å². The lowest BCUT2D eigenvalue weighted by atomic mass is 10.3. The van der Waals surface area contributed by atoms with Gasteiger partial charge in [-0.25, -0.2) is 0 Å². The molecule has 0 bridgehead atoms. The highest BCUT2D eigenvalue weighted by molar-refractivity contribution is 8.45. The standard InChI is InChI=1S/C6H10O2S/c1-9(2)4-5(7)3-6(9)8/h3-4H2,1-2H3. The van der Waals surface area contributed by atoms with Gasteiger partial charge in [0.05, 0.1) is 6.42 Å². The van der Waals surface area contributed by atoms with Crippen molar-refractivity contribution in [1.82, 2.24) is 0 Å². The molecule has 3 heteroatoms. The van der Waals surface area contributed by atoms with Crippen LogP contribution in [0.3, 0.4) is 0 Å². The molecule has 0 atom stereocenters. The van der Waals surface area contributed by atoms with Crippen LogP contribution in [0.2, 0.25) is 0 Å². The first-order valence-electron chi connectivity index (χ1n) is 2.78. The molecular weight excluding hydrogens is 136 g/mol. The van der Waals surface area contributed by atoms with Gasteiger partial charge in [0.15, 0.2) is 5.12 Å². The molecule has 1 saturated heterocycles. The summed E-state index contributed by atoms with van der Waals surface area (Å²) in [6, 6.07) is 0. The minimum atomic E-state index is -1.16. The first-order valence-corrected chi connectivity index (χ1v) is 5.40. The van der Waals surface area contributed by atoms with E-state index in [0.29, 0.717) is 5.75 Å². The summed E-state index contributed by atoms with van der Waals surface area (Å²) in [6.45, 7) is 0. The molecule has 0 unspecified atom stereocenters. The second-order valence-corrected chi connectivity index (χ2v) is 6.59. The molecule has 1 aliphatic rings. The zero-order valence-corrected chi connectivity index (χ0v) is 6.46. The van der Waals surface area contributed by atoms with Crippen LogP contribution in [0.4, 0.5) is 0 Å². The van der Waals surface area contributed by atoms with E-state index < -0.39 is 10.0 Å². The highest BCUT2D eigenvalue weighted by Crippen LogP contribution is 2.46. The van der Waals surface area contributed by atoms with E-state index in [-0.39, 0.29) is 17.3 Å². The molecule has 0 aromatic carbocycles. The fourth-order valence-electron chi connectivity index (χ4n) is 0.890. The van der Waals surface area contributed by atoms with Gasteiger partial charge in [-0.2, -0.15) is 10.0 Å². The molecule has 0 amide bonds. The third-order valence-electron chi connectivity index (χ3n) is 1.48. The van der Waals surface area contributed by atoms with E-state index >= 15 is 0 Å². The Morgan fingerprint density at radius 2 is 1.89 bits per heavy atom. The van der Waals surface area contributed by atoms with E-state index in [2.05, 4.69) is 0 Å². The van der Waals surface area contributed by atoms with Crippen molar-refractivity contribution in [1.29, 1.82) is 0 Å². The van der Waals surface area contributed by atoms with Crippen LogP contribution in [0, 0.1) is 0 Å². The van der Waals surface area contributed by atoms with Gasteiger partial charge in [0, 0.05) is 5.75 Å². The highest BCUT2D eigenvalue weighted by Gasteiger charge is 2.33. The van der Waals surface area contributed by atoms with E-state index in [1.165, 1.54) is 0 Å². The lowest BCUT2D eigenvalue weighted by Crippen LogP contribution is -2.02. The van der Waals surface area contributed by atoms with Gasteiger partial charge in [-0.05, 0) is 12.5 Å². The van der Waals surface area contributed by atoms with Crippen LogP contribution in [-0.2, 0) is 9.59 Å². The van der Waals surface area contributed by atoms with E-state index in [9.17, 15) is 9.59 Å². The van der Waals surface area contributed by atoms with Gasteiger partial charge in [0.25, 0.3) is 0 Å². The number of carbonyl (C=O) groups excluding carboxylic acids is 2. The van der Waals surface area contributed by atoms with Gasteiger partial charge < -0.3 is 0 Å². The number of ketones is 1. The lowest BCUT2D eigenvalue weighted by Gasteiger charge is -2.19. The molecule has 0 saturated carbocycles. The van der Waals surface area contributed by atoms with Crippen molar-refractivity contribution in [3.05, 3.63) is 0 Å². The van der Waals surface area contributed by atoms with Crippen molar-refractivity contribution in [2.75, 3.05) is 18.3 Å². The predicted molar refractivity (Wildman–Crippen MR) is 38.9 cm³/mol. The molecule has 0 aromatic rings. The SMILES string of the molecule is CS1(C)CC(=O)CC1=O. The number of hydrogen-bond acceptors (Lipinski definition) is 2. The third kappa shape index (κ3) is 1.15. The van der Waals surface area contributed by atoms with Gasteiger partial charge >= 0.3 is 0 Å². The summed E-state index contributed by atoms with van der Waals surface area (Å²) < 4.78 is 0. The highest BCUT2D eigenvalue weighted by atomic mass is 32.3. The zero-order chi connectivity index (χ0) is 7.07. The van der Waals surface area contributed by atoms with E-state index in [1.54, 1.807) is 0 Å². The molecule has 0 spiro atoms. The third-order valence-corrected chi connectivity index (χ3v) is 3.90. The molecule has 1 aliphatic heterocycles. The number of carbonyl (C=O) groups is 2. The molecular formula is C6H10O2S. The van der Waals surface area contributed by atoms with Gasteiger partial charge in [-0.1, -0.05) is 0 Å². The lowest BCUT2D eigenvalue weighted by molar-refractivity contribution is -0.120. The zero-order valence-electron chi connectivity index (χ0n) is 5.64. The molecule has 52 valence electrons. The molecule has 0 N–H and O–H groups in total. The largest absolute Gasteiger partial charge is 0.298 e. The van der Waals surface area contributed by atoms with Crippen LogP contribution in [-0.4, -0.2) is 29.2 Å². The van der Waals surface area contributed by atoms with Crippen molar-refractivity contribution in [3.8, 4) is 0 Å². The minimum absolute atomic E-state index is 0.125. The van der Waals surface area contributed by atoms with Crippen molar-refractivity contribution in [2.45, 2.75) is 6.42 Å². The number of Topliss-reactive ketones (excluding diaryl/α,β-unsaturated/α-hetero) is 1. The van der Waals surface area contributed by atoms with E-state index in [1.807, 2.05) is 12.5 Å². The van der Waals surface area contributed by atoms with Crippen LogP contribution in [0.1, 0.15) is 6.42 Å². The Balaban J connectivity index is 2.81. The summed E-state index contributed by atoms with van der Waals surface area (Å²) in [5.41, 5.74) is 0. The summed E-state index contributed by atoms with van der Waals surface area (Å²) in [5, 5.41) is 0.174. The van der Waals surface area contributed by atoms with Crippen LogP contribution in [0.5, 0.6) is 0 Å². The Labute approximate surface area is 55.9 Å². The molecule has 1 rings (SSSR count). The second-order valence-electron chi connectivity index (χ2n) is 2.77. The van der Waals surface area contributed by atoms with Gasteiger partial charge in [0.1, 0.15) is 5.78 Å². The molecule has 0 aromatic heterocycles. The first-order chi connectivity index (χ1) is 4.02. The second kappa shape index (κ2) is 1.84. The summed E-state index contributed by atoms with van der Waals surface area (Å²) >= 11 is 0. The number of hydrogen-bond donors (Lipinski definition) is 0. The Morgan fingerprint density at radius 1 is 1.33 bits per heavy atom. The Bertz CT molecular complexity index is 172. The molecule has 0 aliphatic carbocycles. The Morgan fingerprint density at radius 3 is 2.00 bits per heavy atom. The fraction of sp³-hybridized carbons (Fsp3) is 0.667. The Kier molecular flexibility index (Phi) is 1.39. The van der Waals surface area contributed by atoms with Crippen LogP contribution in [0.25, 0.3) is 0 Å². The number of rotatable bonds is 0. The van der Waals surface area contributed by atoms with Crippen molar-refractivity contribution in [2.24, 2.45) is 0 Å². The first kappa shape index (κ1) is 6.81. The fourth-order valence-corrected chi connectivity index (χ4v) is 2.51. The molecule has 9 heavy (non-hydrogen) atoms. The summed E-state index contributed by atoms with van der Waals surface area (Å²) in [5.74, 6) is 0.645. The smallest absolute Gasteiger partial charge is 0.179 e. The maximum absolute atomic E-state index is 10.9. The average molecular weight is 146 g/mol. The monoisotopic (exact) mass is 146 g/mol. The molecule has 1 heterocycles. The maximum atomic E-state index is 10.9. The molecule has 1 fully saturated rings. The van der Waals surface area contributed by atoms with Gasteiger partial charge in [-0.3, -0.25) is 9.59 Å². The minimum Gasteiger partial charge on any atom is -0.298 e. The maximum Gasteiger partial charge on any atom is 0.179 e. The van der Waals surface area contributed by atoms with Gasteiger partial charge in [-0.15, -0.1) is 0 Å². The quantitative estimate of drug-likeness (QED) is 0.468. The van der Waals surface area contributed by atoms with Crippen LogP contribution < -0.4 is 0 Å². The van der Waals surface area contributed by atoms with Gasteiger partial charge in [0.2, 0.25) is 0 Å². The topological polar surface area (TPSA) is 34.1 Å². The van der Waals surface area contributed by atoms with Crippen molar-refractivity contribution < 1.29 is 9.59 Å². The van der Waals surface area contributed by atoms with Crippen LogP contribution in [0.15, 0.2) is 0 Å². The van der Waals surface area contributed by atoms with E-state index in [4.69, 9.17) is 0 Å². The van der Waals surface area contributed by atoms with Crippen LogP contribution >= 0.6 is 10.0 Å². The summed E-state index contributed by atoms with van der Waals surface area (Å²) in [7, 11) is -1.16. The normalized spacial score (nSPS) is 28.7. The van der Waals surface area contributed by atoms with E-state index in [0.717, 1.165) is 0 Å². The molecule has 2 nitrogen and oxygen atoms in total. The van der Waals surface area contributed by atoms with Crippen molar-refractivity contribution in [3.63, 3.8) is 0 Å². The Hall–Kier alpha value is -0.310. The predicted octanol–water partition coefficient (Wildman–Crippen LogP) is 0.550. The molecule has 0 radical (unpaired) electrons. The average Bonchev–Trinajstić information content (AvgIpc) is 1.79. The summed E-state index contributed by atoms with van der Waals surface area (Å²) in [6.07, 6.45) is 4.00.